The van der Waals surface area contributed by atoms with Crippen LogP contribution in [0.1, 0.15) is 23.3 Å². The van der Waals surface area contributed by atoms with Gasteiger partial charge >= 0.3 is 0 Å². The van der Waals surface area contributed by atoms with Crippen LogP contribution in [0, 0.1) is 0 Å². The molecular weight excluding hydrogens is 314 g/mol. The topological polar surface area (TPSA) is 68.5 Å². The number of aromatic nitrogens is 1. The molecule has 1 aromatic heterocycles. The number of likely N-dealkylation sites (tertiary alicyclic amines) is 1. The fraction of sp³-hybridized carbons (Fsp3) is 0.294. The Morgan fingerprint density at radius 3 is 2.43 bits per heavy atom. The summed E-state index contributed by atoms with van der Waals surface area (Å²) in [5.74, 6) is 0.839. The molecule has 1 aliphatic rings. The van der Waals surface area contributed by atoms with Gasteiger partial charge in [0.25, 0.3) is 5.91 Å². The van der Waals surface area contributed by atoms with E-state index < -0.39 is 0 Å². The first-order valence-corrected chi connectivity index (χ1v) is 7.45. The quantitative estimate of drug-likeness (QED) is 0.937. The van der Waals surface area contributed by atoms with E-state index in [-0.39, 0.29) is 24.4 Å². The summed E-state index contributed by atoms with van der Waals surface area (Å²) >= 11 is 0. The van der Waals surface area contributed by atoms with Crippen molar-refractivity contribution < 1.29 is 9.53 Å². The van der Waals surface area contributed by atoms with Crippen LogP contribution in [0.2, 0.25) is 0 Å². The molecule has 0 unspecified atom stereocenters. The number of anilines is 1. The van der Waals surface area contributed by atoms with E-state index >= 15 is 0 Å². The van der Waals surface area contributed by atoms with E-state index in [9.17, 15) is 4.79 Å². The first-order valence-electron chi connectivity index (χ1n) is 7.45. The molecule has 0 spiro atoms. The second-order valence-electron chi connectivity index (χ2n) is 5.40. The molecule has 2 aromatic rings. The van der Waals surface area contributed by atoms with E-state index in [1.165, 1.54) is 6.20 Å². The van der Waals surface area contributed by atoms with E-state index in [0.29, 0.717) is 24.5 Å². The van der Waals surface area contributed by atoms with Crippen molar-refractivity contribution in [2.45, 2.75) is 18.9 Å². The number of hydrogen-bond acceptors (Lipinski definition) is 4. The van der Waals surface area contributed by atoms with Crippen molar-refractivity contribution in [2.75, 3.05) is 18.8 Å². The van der Waals surface area contributed by atoms with E-state index in [1.807, 2.05) is 35.2 Å². The lowest BCUT2D eigenvalue weighted by Crippen LogP contribution is -2.42. The van der Waals surface area contributed by atoms with Crippen molar-refractivity contribution in [1.82, 2.24) is 9.88 Å². The molecule has 6 heteroatoms. The van der Waals surface area contributed by atoms with Crippen molar-refractivity contribution in [3.63, 3.8) is 0 Å². The van der Waals surface area contributed by atoms with Gasteiger partial charge in [-0.15, -0.1) is 12.4 Å². The number of ether oxygens (including phenoxy) is 1. The number of nitrogens with two attached hydrogens (primary N) is 1. The van der Waals surface area contributed by atoms with Crippen molar-refractivity contribution in [3.05, 3.63) is 54.4 Å². The number of carbonyl (C=O) groups excluding carboxylic acids is 1. The highest BCUT2D eigenvalue weighted by Crippen LogP contribution is 2.19. The highest BCUT2D eigenvalue weighted by molar-refractivity contribution is 5.92. The molecule has 0 atom stereocenters. The van der Waals surface area contributed by atoms with Crippen molar-refractivity contribution >= 4 is 24.0 Å². The lowest BCUT2D eigenvalue weighted by molar-refractivity contribution is 0.0590. The molecule has 1 aliphatic heterocycles. The van der Waals surface area contributed by atoms with E-state index in [2.05, 4.69) is 4.98 Å². The molecule has 1 saturated heterocycles. The first kappa shape index (κ1) is 17.1. The first-order chi connectivity index (χ1) is 10.7. The SMILES string of the molecule is Cl.Nc1ccc(C(=O)N2CCC(Oc3ccccc3)CC2)nc1. The molecule has 1 fully saturated rings. The Morgan fingerprint density at radius 2 is 1.83 bits per heavy atom. The third-order valence-corrected chi connectivity index (χ3v) is 3.78. The predicted molar refractivity (Wildman–Crippen MR) is 91.9 cm³/mol. The number of benzene rings is 1. The molecule has 0 aliphatic carbocycles. The van der Waals surface area contributed by atoms with Gasteiger partial charge < -0.3 is 15.4 Å². The second kappa shape index (κ2) is 7.83. The lowest BCUT2D eigenvalue weighted by Gasteiger charge is -2.32. The Labute approximate surface area is 141 Å². The molecule has 5 nitrogen and oxygen atoms in total. The Bertz CT molecular complexity index is 626. The molecule has 0 bridgehead atoms. The van der Waals surface area contributed by atoms with Crippen LogP contribution in [0.25, 0.3) is 0 Å². The summed E-state index contributed by atoms with van der Waals surface area (Å²) in [6.45, 7) is 1.37. The lowest BCUT2D eigenvalue weighted by atomic mass is 10.1. The number of pyridine rings is 1. The number of carbonyl (C=O) groups is 1. The average molecular weight is 334 g/mol. The molecule has 1 amide bonds. The molecular formula is C17H20ClN3O2. The van der Waals surface area contributed by atoms with Gasteiger partial charge in [-0.3, -0.25) is 4.79 Å². The third kappa shape index (κ3) is 4.36. The monoisotopic (exact) mass is 333 g/mol. The van der Waals surface area contributed by atoms with Gasteiger partial charge in [-0.1, -0.05) is 18.2 Å². The van der Waals surface area contributed by atoms with Crippen LogP contribution in [-0.2, 0) is 0 Å². The summed E-state index contributed by atoms with van der Waals surface area (Å²) in [7, 11) is 0. The minimum absolute atomic E-state index is 0. The Kier molecular flexibility index (Phi) is 5.82. The fourth-order valence-electron chi connectivity index (χ4n) is 2.56. The van der Waals surface area contributed by atoms with Crippen LogP contribution in [0.5, 0.6) is 5.75 Å². The Hall–Kier alpha value is -2.27. The molecule has 1 aromatic carbocycles. The summed E-state index contributed by atoms with van der Waals surface area (Å²) in [5.41, 5.74) is 6.60. The van der Waals surface area contributed by atoms with Gasteiger partial charge in [0.05, 0.1) is 11.9 Å². The second-order valence-corrected chi connectivity index (χ2v) is 5.40. The van der Waals surface area contributed by atoms with Gasteiger partial charge in [0.15, 0.2) is 0 Å². The van der Waals surface area contributed by atoms with E-state index in [1.54, 1.807) is 12.1 Å². The Balaban J connectivity index is 0.00000192. The predicted octanol–water partition coefficient (Wildman–Crippen LogP) is 2.77. The molecule has 3 rings (SSSR count). The molecule has 23 heavy (non-hydrogen) atoms. The molecule has 0 saturated carbocycles. The van der Waals surface area contributed by atoms with Gasteiger partial charge in [-0.25, -0.2) is 4.98 Å². The summed E-state index contributed by atoms with van der Waals surface area (Å²) < 4.78 is 5.93. The number of hydrogen-bond donors (Lipinski definition) is 1. The van der Waals surface area contributed by atoms with Gasteiger partial charge in [0, 0.05) is 25.9 Å². The van der Waals surface area contributed by atoms with Gasteiger partial charge in [0.1, 0.15) is 17.5 Å². The highest BCUT2D eigenvalue weighted by atomic mass is 35.5. The normalized spacial score (nSPS) is 14.9. The molecule has 0 radical (unpaired) electrons. The Morgan fingerprint density at radius 1 is 1.13 bits per heavy atom. The van der Waals surface area contributed by atoms with E-state index in [4.69, 9.17) is 10.5 Å². The largest absolute Gasteiger partial charge is 0.490 e. The van der Waals surface area contributed by atoms with Crippen LogP contribution in [0.4, 0.5) is 5.69 Å². The van der Waals surface area contributed by atoms with Crippen LogP contribution >= 0.6 is 12.4 Å². The fourth-order valence-corrected chi connectivity index (χ4v) is 2.56. The molecule has 122 valence electrons. The van der Waals surface area contributed by atoms with Gasteiger partial charge in [-0.2, -0.15) is 0 Å². The van der Waals surface area contributed by atoms with E-state index in [0.717, 1.165) is 18.6 Å². The zero-order chi connectivity index (χ0) is 15.4. The van der Waals surface area contributed by atoms with Crippen LogP contribution in [0.15, 0.2) is 48.7 Å². The van der Waals surface area contributed by atoms with Crippen LogP contribution < -0.4 is 10.5 Å². The summed E-state index contributed by atoms with van der Waals surface area (Å²) in [6, 6.07) is 13.2. The van der Waals surface area contributed by atoms with Crippen LogP contribution in [0.3, 0.4) is 0 Å². The standard InChI is InChI=1S/C17H19N3O2.ClH/c18-13-6-7-16(19-12-13)17(21)20-10-8-15(9-11-20)22-14-4-2-1-3-5-14;/h1-7,12,15H,8-11,18H2;1H. The summed E-state index contributed by atoms with van der Waals surface area (Å²) in [5, 5.41) is 0. The molecule has 2 N–H and O–H groups in total. The third-order valence-electron chi connectivity index (χ3n) is 3.78. The maximum atomic E-state index is 12.4. The number of piperidine rings is 1. The minimum Gasteiger partial charge on any atom is -0.490 e. The minimum atomic E-state index is -0.0434. The van der Waals surface area contributed by atoms with Crippen LogP contribution in [-0.4, -0.2) is 35.0 Å². The van der Waals surface area contributed by atoms with Crippen molar-refractivity contribution in [2.24, 2.45) is 0 Å². The average Bonchev–Trinajstić information content (AvgIpc) is 2.57. The maximum Gasteiger partial charge on any atom is 0.272 e. The van der Waals surface area contributed by atoms with Gasteiger partial charge in [0.2, 0.25) is 0 Å². The molecule has 2 heterocycles. The number of nitrogens with zero attached hydrogens (tertiary/aromatic N) is 2. The maximum absolute atomic E-state index is 12.4. The zero-order valence-corrected chi connectivity index (χ0v) is 13.5. The van der Waals surface area contributed by atoms with Crippen molar-refractivity contribution in [1.29, 1.82) is 0 Å². The smallest absolute Gasteiger partial charge is 0.272 e. The number of amides is 1. The summed E-state index contributed by atoms with van der Waals surface area (Å²) in [4.78, 5) is 18.3. The zero-order valence-electron chi connectivity index (χ0n) is 12.7. The number of nitrogen functional groups attached to an aromatic ring is 1. The highest BCUT2D eigenvalue weighted by Gasteiger charge is 2.25. The number of para-hydroxylation sites is 1. The number of rotatable bonds is 3. The van der Waals surface area contributed by atoms with Crippen molar-refractivity contribution in [3.8, 4) is 5.75 Å². The summed E-state index contributed by atoms with van der Waals surface area (Å²) in [6.07, 6.45) is 3.33. The number of halogens is 1. The van der Waals surface area contributed by atoms with Gasteiger partial charge in [-0.05, 0) is 24.3 Å².